The predicted octanol–water partition coefficient (Wildman–Crippen LogP) is 2.69. The van der Waals surface area contributed by atoms with Gasteiger partial charge in [0, 0.05) is 11.9 Å². The van der Waals surface area contributed by atoms with Gasteiger partial charge in [0.25, 0.3) is 0 Å². The summed E-state index contributed by atoms with van der Waals surface area (Å²) in [6, 6.07) is 2.16. The van der Waals surface area contributed by atoms with Crippen LogP contribution in [0.15, 0.2) is 6.20 Å². The van der Waals surface area contributed by atoms with Crippen molar-refractivity contribution in [2.24, 2.45) is 0 Å². The molecule has 0 saturated carbocycles. The maximum absolute atomic E-state index is 8.83. The minimum atomic E-state index is 0.431. The van der Waals surface area contributed by atoms with E-state index in [2.05, 4.69) is 24.9 Å². The molecule has 13 heavy (non-hydrogen) atoms. The molecular formula is C11H14N2. The zero-order valence-electron chi connectivity index (χ0n) is 8.55. The second kappa shape index (κ2) is 3.57. The standard InChI is InChI=1S/C11H14N2/c1-7(2)11-8(3)10(5-12)6-13-9(11)4/h6-7H,1-4H3. The summed E-state index contributed by atoms with van der Waals surface area (Å²) in [6.07, 6.45) is 1.65. The van der Waals surface area contributed by atoms with E-state index in [1.54, 1.807) is 6.20 Å². The molecule has 0 saturated heterocycles. The van der Waals surface area contributed by atoms with E-state index in [1.807, 2.05) is 13.8 Å². The number of pyridine rings is 1. The molecule has 0 N–H and O–H groups in total. The largest absolute Gasteiger partial charge is 0.260 e. The molecule has 0 fully saturated rings. The number of hydrogen-bond acceptors (Lipinski definition) is 2. The van der Waals surface area contributed by atoms with Crippen molar-refractivity contribution in [1.82, 2.24) is 4.98 Å². The van der Waals surface area contributed by atoms with E-state index in [-0.39, 0.29) is 0 Å². The highest BCUT2D eigenvalue weighted by Crippen LogP contribution is 2.23. The third-order valence-corrected chi connectivity index (χ3v) is 2.28. The average Bonchev–Trinajstić information content (AvgIpc) is 2.04. The highest BCUT2D eigenvalue weighted by atomic mass is 14.7. The van der Waals surface area contributed by atoms with Crippen molar-refractivity contribution in [3.63, 3.8) is 0 Å². The van der Waals surface area contributed by atoms with Crippen LogP contribution in [0.3, 0.4) is 0 Å². The van der Waals surface area contributed by atoms with Crippen LogP contribution in [0.4, 0.5) is 0 Å². The highest BCUT2D eigenvalue weighted by molar-refractivity contribution is 5.43. The lowest BCUT2D eigenvalue weighted by molar-refractivity contribution is 0.830. The molecule has 0 atom stereocenters. The lowest BCUT2D eigenvalue weighted by Gasteiger charge is -2.12. The average molecular weight is 174 g/mol. The van der Waals surface area contributed by atoms with Crippen molar-refractivity contribution in [2.75, 3.05) is 0 Å². The molecule has 0 radical (unpaired) electrons. The fourth-order valence-corrected chi connectivity index (χ4v) is 1.71. The molecule has 1 heterocycles. The Morgan fingerprint density at radius 1 is 1.38 bits per heavy atom. The second-order valence-corrected chi connectivity index (χ2v) is 3.56. The Morgan fingerprint density at radius 3 is 2.46 bits per heavy atom. The van der Waals surface area contributed by atoms with E-state index in [9.17, 15) is 0 Å². The van der Waals surface area contributed by atoms with Gasteiger partial charge in [-0.2, -0.15) is 5.26 Å². The van der Waals surface area contributed by atoms with E-state index >= 15 is 0 Å². The van der Waals surface area contributed by atoms with Gasteiger partial charge < -0.3 is 0 Å². The Kier molecular flexibility index (Phi) is 2.67. The molecule has 0 aliphatic heterocycles. The summed E-state index contributed by atoms with van der Waals surface area (Å²) in [5.74, 6) is 0.431. The third kappa shape index (κ3) is 1.70. The van der Waals surface area contributed by atoms with Gasteiger partial charge in [-0.1, -0.05) is 13.8 Å². The van der Waals surface area contributed by atoms with Crippen molar-refractivity contribution in [3.8, 4) is 6.07 Å². The van der Waals surface area contributed by atoms with Gasteiger partial charge in [0.1, 0.15) is 6.07 Å². The van der Waals surface area contributed by atoms with Gasteiger partial charge in [-0.05, 0) is 30.9 Å². The van der Waals surface area contributed by atoms with E-state index in [1.165, 1.54) is 5.56 Å². The fourth-order valence-electron chi connectivity index (χ4n) is 1.71. The van der Waals surface area contributed by atoms with Crippen LogP contribution < -0.4 is 0 Å². The molecule has 0 bridgehead atoms. The molecule has 0 amide bonds. The van der Waals surface area contributed by atoms with Crippen LogP contribution in [0.1, 0.15) is 42.1 Å². The Balaban J connectivity index is 3.41. The number of aryl methyl sites for hydroxylation is 1. The first-order valence-electron chi connectivity index (χ1n) is 4.44. The first-order chi connectivity index (χ1) is 6.07. The van der Waals surface area contributed by atoms with Gasteiger partial charge in [0.2, 0.25) is 0 Å². The van der Waals surface area contributed by atoms with Gasteiger partial charge in [0.15, 0.2) is 0 Å². The molecule has 1 rings (SSSR count). The van der Waals surface area contributed by atoms with E-state index < -0.39 is 0 Å². The number of nitrogens with zero attached hydrogens (tertiary/aromatic N) is 2. The molecule has 0 aromatic carbocycles. The number of hydrogen-bond donors (Lipinski definition) is 0. The lowest BCUT2D eigenvalue weighted by atomic mass is 9.94. The third-order valence-electron chi connectivity index (χ3n) is 2.28. The Morgan fingerprint density at radius 2 is 2.00 bits per heavy atom. The summed E-state index contributed by atoms with van der Waals surface area (Å²) in [5, 5.41) is 8.83. The predicted molar refractivity (Wildman–Crippen MR) is 52.5 cm³/mol. The van der Waals surface area contributed by atoms with Crippen molar-refractivity contribution in [2.45, 2.75) is 33.6 Å². The van der Waals surface area contributed by atoms with Crippen molar-refractivity contribution in [3.05, 3.63) is 28.6 Å². The Hall–Kier alpha value is -1.36. The molecule has 2 nitrogen and oxygen atoms in total. The quantitative estimate of drug-likeness (QED) is 0.656. The van der Waals surface area contributed by atoms with Crippen LogP contribution in [0.25, 0.3) is 0 Å². The maximum atomic E-state index is 8.83. The molecule has 0 aliphatic carbocycles. The van der Waals surface area contributed by atoms with Gasteiger partial charge >= 0.3 is 0 Å². The van der Waals surface area contributed by atoms with E-state index in [0.29, 0.717) is 11.5 Å². The normalized spacial score (nSPS) is 10.2. The van der Waals surface area contributed by atoms with Crippen LogP contribution in [-0.2, 0) is 0 Å². The van der Waals surface area contributed by atoms with Crippen molar-refractivity contribution >= 4 is 0 Å². The second-order valence-electron chi connectivity index (χ2n) is 3.56. The van der Waals surface area contributed by atoms with Crippen LogP contribution in [-0.4, -0.2) is 4.98 Å². The van der Waals surface area contributed by atoms with Crippen LogP contribution in [0.5, 0.6) is 0 Å². The van der Waals surface area contributed by atoms with Crippen LogP contribution in [0, 0.1) is 25.2 Å². The molecule has 1 aromatic heterocycles. The van der Waals surface area contributed by atoms with Crippen LogP contribution in [0.2, 0.25) is 0 Å². The van der Waals surface area contributed by atoms with E-state index in [4.69, 9.17) is 5.26 Å². The van der Waals surface area contributed by atoms with Crippen LogP contribution >= 0.6 is 0 Å². The number of aromatic nitrogens is 1. The lowest BCUT2D eigenvalue weighted by Crippen LogP contribution is -2.01. The highest BCUT2D eigenvalue weighted by Gasteiger charge is 2.10. The van der Waals surface area contributed by atoms with Crippen molar-refractivity contribution < 1.29 is 0 Å². The van der Waals surface area contributed by atoms with Gasteiger partial charge in [0.05, 0.1) is 5.56 Å². The van der Waals surface area contributed by atoms with Gasteiger partial charge in [-0.3, -0.25) is 4.98 Å². The SMILES string of the molecule is Cc1ncc(C#N)c(C)c1C(C)C. The van der Waals surface area contributed by atoms with Crippen molar-refractivity contribution in [1.29, 1.82) is 5.26 Å². The molecule has 0 unspecified atom stereocenters. The molecular weight excluding hydrogens is 160 g/mol. The summed E-state index contributed by atoms with van der Waals surface area (Å²) in [5.41, 5.74) is 4.00. The van der Waals surface area contributed by atoms with Gasteiger partial charge in [-0.25, -0.2) is 0 Å². The summed E-state index contributed by atoms with van der Waals surface area (Å²) in [4.78, 5) is 4.21. The minimum Gasteiger partial charge on any atom is -0.260 e. The maximum Gasteiger partial charge on any atom is 0.101 e. The number of rotatable bonds is 1. The zero-order chi connectivity index (χ0) is 10.0. The summed E-state index contributed by atoms with van der Waals surface area (Å²) >= 11 is 0. The molecule has 1 aromatic rings. The zero-order valence-corrected chi connectivity index (χ0v) is 8.55. The Labute approximate surface area is 79.2 Å². The molecule has 0 spiro atoms. The number of nitriles is 1. The summed E-state index contributed by atoms with van der Waals surface area (Å²) in [7, 11) is 0. The molecule has 0 aliphatic rings. The topological polar surface area (TPSA) is 36.7 Å². The van der Waals surface area contributed by atoms with E-state index in [0.717, 1.165) is 11.3 Å². The Bertz CT molecular complexity index is 359. The summed E-state index contributed by atoms with van der Waals surface area (Å²) < 4.78 is 0. The monoisotopic (exact) mass is 174 g/mol. The smallest absolute Gasteiger partial charge is 0.101 e. The summed E-state index contributed by atoms with van der Waals surface area (Å²) in [6.45, 7) is 8.22. The minimum absolute atomic E-state index is 0.431. The first kappa shape index (κ1) is 9.73. The molecule has 68 valence electrons. The fraction of sp³-hybridized carbons (Fsp3) is 0.455. The van der Waals surface area contributed by atoms with Gasteiger partial charge in [-0.15, -0.1) is 0 Å². The molecule has 2 heteroatoms. The first-order valence-corrected chi connectivity index (χ1v) is 4.44.